The molecule has 0 radical (unpaired) electrons. The van der Waals surface area contributed by atoms with Crippen molar-refractivity contribution in [1.82, 2.24) is 9.29 Å². The highest BCUT2D eigenvalue weighted by Crippen LogP contribution is 2.38. The molecule has 1 saturated heterocycles. The molecule has 0 aliphatic carbocycles. The molecule has 136 valence electrons. The van der Waals surface area contributed by atoms with Gasteiger partial charge in [0.2, 0.25) is 0 Å². The summed E-state index contributed by atoms with van der Waals surface area (Å²) < 4.78 is 2.44. The number of hydrogen-bond acceptors (Lipinski definition) is 5. The Hall–Kier alpha value is -2.00. The van der Waals surface area contributed by atoms with Gasteiger partial charge in [0.25, 0.3) is 0 Å². The maximum absolute atomic E-state index is 9.23. The number of rotatable bonds is 4. The number of pyridine rings is 1. The minimum atomic E-state index is 0.637. The molecule has 0 atom stereocenters. The molecule has 0 N–H and O–H groups in total. The first-order chi connectivity index (χ1) is 13.3. The Morgan fingerprint density at radius 1 is 1.11 bits per heavy atom. The van der Waals surface area contributed by atoms with Crippen LogP contribution in [0.4, 0.5) is 0 Å². The molecule has 0 spiro atoms. The van der Waals surface area contributed by atoms with E-state index in [0.717, 1.165) is 24.2 Å². The third-order valence-electron chi connectivity index (χ3n) is 5.00. The Balaban J connectivity index is 1.70. The van der Waals surface area contributed by atoms with Crippen LogP contribution in [-0.4, -0.2) is 33.9 Å². The molecule has 1 fully saturated rings. The van der Waals surface area contributed by atoms with Gasteiger partial charge in [-0.2, -0.15) is 5.26 Å². The number of hydrogen-bond donors (Lipinski definition) is 0. The number of nitrogens with zero attached hydrogens (tertiary/aromatic N) is 3. The van der Waals surface area contributed by atoms with E-state index in [-0.39, 0.29) is 0 Å². The molecule has 4 rings (SSSR count). The molecule has 0 saturated carbocycles. The second kappa shape index (κ2) is 8.35. The van der Waals surface area contributed by atoms with Gasteiger partial charge in [-0.15, -0.1) is 11.8 Å². The normalized spacial score (nSPS) is 15.7. The Kier molecular flexibility index (Phi) is 5.68. The van der Waals surface area contributed by atoms with Crippen molar-refractivity contribution >= 4 is 34.5 Å². The summed E-state index contributed by atoms with van der Waals surface area (Å²) >= 11 is 3.83. The number of nitriles is 1. The van der Waals surface area contributed by atoms with Crippen LogP contribution in [0.3, 0.4) is 0 Å². The molecule has 27 heavy (non-hydrogen) atoms. The molecule has 5 heteroatoms. The number of benzene rings is 2. The van der Waals surface area contributed by atoms with Crippen molar-refractivity contribution in [1.29, 1.82) is 5.26 Å². The van der Waals surface area contributed by atoms with Crippen LogP contribution in [0.5, 0.6) is 0 Å². The van der Waals surface area contributed by atoms with E-state index in [0.29, 0.717) is 10.8 Å². The second-order valence-electron chi connectivity index (χ2n) is 6.69. The highest BCUT2D eigenvalue weighted by atomic mass is 32.2. The maximum atomic E-state index is 9.23. The lowest BCUT2D eigenvalue weighted by Gasteiger charge is -2.30. The van der Waals surface area contributed by atoms with Crippen molar-refractivity contribution in [3.05, 3.63) is 60.4 Å². The van der Waals surface area contributed by atoms with Crippen LogP contribution in [0.1, 0.15) is 18.4 Å². The largest absolute Gasteiger partial charge is 0.264 e. The molecule has 3 aromatic rings. The molecule has 1 aliphatic rings. The average Bonchev–Trinajstić information content (AvgIpc) is 2.74. The lowest BCUT2D eigenvalue weighted by atomic mass is 10.0. The zero-order valence-corrected chi connectivity index (χ0v) is 16.9. The third-order valence-corrected chi connectivity index (χ3v) is 7.27. The monoisotopic (exact) mass is 391 g/mol. The minimum absolute atomic E-state index is 0.637. The van der Waals surface area contributed by atoms with E-state index in [1.807, 2.05) is 54.3 Å². The molecule has 2 aromatic carbocycles. The molecule has 0 bridgehead atoms. The Labute approximate surface area is 168 Å². The summed E-state index contributed by atoms with van der Waals surface area (Å²) in [4.78, 5) is 5.65. The molecular formula is C22H21N3S2. The highest BCUT2D eigenvalue weighted by molar-refractivity contribution is 8.00. The number of fused-ring (bicyclic) bond motifs is 1. The van der Waals surface area contributed by atoms with Crippen LogP contribution in [-0.2, 0) is 0 Å². The highest BCUT2D eigenvalue weighted by Gasteiger charge is 2.20. The summed E-state index contributed by atoms with van der Waals surface area (Å²) in [6, 6.07) is 16.6. The quantitative estimate of drug-likeness (QED) is 0.541. The van der Waals surface area contributed by atoms with Crippen LogP contribution < -0.4 is 0 Å². The predicted octanol–water partition coefficient (Wildman–Crippen LogP) is 5.61. The van der Waals surface area contributed by atoms with Gasteiger partial charge in [0.05, 0.1) is 11.6 Å². The lowest BCUT2D eigenvalue weighted by Crippen LogP contribution is -2.29. The van der Waals surface area contributed by atoms with Crippen molar-refractivity contribution in [2.45, 2.75) is 23.0 Å². The van der Waals surface area contributed by atoms with Gasteiger partial charge in [-0.1, -0.05) is 24.1 Å². The summed E-state index contributed by atoms with van der Waals surface area (Å²) in [5.74, 6) is 0. The fraction of sp³-hybridized carbons (Fsp3) is 0.273. The van der Waals surface area contributed by atoms with E-state index in [2.05, 4.69) is 45.9 Å². The number of thioether (sulfide) groups is 1. The molecule has 2 heterocycles. The van der Waals surface area contributed by atoms with Crippen LogP contribution in [0, 0.1) is 11.3 Å². The first kappa shape index (κ1) is 18.4. The Morgan fingerprint density at radius 3 is 2.74 bits per heavy atom. The van der Waals surface area contributed by atoms with E-state index in [1.54, 1.807) is 0 Å². The molecule has 3 nitrogen and oxygen atoms in total. The van der Waals surface area contributed by atoms with Crippen molar-refractivity contribution in [3.63, 3.8) is 0 Å². The Bertz CT molecular complexity index is 988. The summed E-state index contributed by atoms with van der Waals surface area (Å²) in [6.07, 6.45) is 8.40. The van der Waals surface area contributed by atoms with Crippen molar-refractivity contribution < 1.29 is 0 Å². The lowest BCUT2D eigenvalue weighted by molar-refractivity contribution is 0.389. The van der Waals surface area contributed by atoms with Crippen molar-refractivity contribution in [2.75, 3.05) is 19.3 Å². The van der Waals surface area contributed by atoms with E-state index in [4.69, 9.17) is 0 Å². The SMILES string of the molecule is CSN1CCC(Sc2cc(-c3cccc(C#N)c3)cc3ccncc23)CC1. The van der Waals surface area contributed by atoms with Crippen LogP contribution in [0.25, 0.3) is 21.9 Å². The fourth-order valence-corrected chi connectivity index (χ4v) is 5.38. The molecule has 1 aliphatic heterocycles. The standard InChI is InChI=1S/C22H21N3S2/c1-26-25-9-6-20(7-10-25)27-22-13-19(12-18-5-8-24-15-21(18)22)17-4-2-3-16(11-17)14-23/h2-5,8,11-13,15,20H,6-7,9-10H2,1H3. The van der Waals surface area contributed by atoms with E-state index >= 15 is 0 Å². The van der Waals surface area contributed by atoms with Gasteiger partial charge in [0.1, 0.15) is 0 Å². The summed E-state index contributed by atoms with van der Waals surface area (Å²) in [7, 11) is 0. The number of piperidine rings is 1. The summed E-state index contributed by atoms with van der Waals surface area (Å²) in [5, 5.41) is 12.3. The third kappa shape index (κ3) is 4.14. The average molecular weight is 392 g/mol. The smallest absolute Gasteiger partial charge is 0.0991 e. The van der Waals surface area contributed by atoms with Gasteiger partial charge in [-0.25, -0.2) is 0 Å². The molecule has 0 amide bonds. The predicted molar refractivity (Wildman–Crippen MR) is 116 cm³/mol. The first-order valence-electron chi connectivity index (χ1n) is 9.11. The minimum Gasteiger partial charge on any atom is -0.264 e. The van der Waals surface area contributed by atoms with E-state index in [1.165, 1.54) is 28.5 Å². The van der Waals surface area contributed by atoms with E-state index < -0.39 is 0 Å². The summed E-state index contributed by atoms with van der Waals surface area (Å²) in [5.41, 5.74) is 2.95. The van der Waals surface area contributed by atoms with Gasteiger partial charge < -0.3 is 0 Å². The van der Waals surface area contributed by atoms with Crippen molar-refractivity contribution in [3.8, 4) is 17.2 Å². The zero-order chi connectivity index (χ0) is 18.6. The molecule has 0 unspecified atom stereocenters. The maximum Gasteiger partial charge on any atom is 0.0991 e. The van der Waals surface area contributed by atoms with Crippen LogP contribution in [0.2, 0.25) is 0 Å². The zero-order valence-electron chi connectivity index (χ0n) is 15.3. The van der Waals surface area contributed by atoms with Gasteiger partial charge in [-0.3, -0.25) is 9.29 Å². The Morgan fingerprint density at radius 2 is 1.96 bits per heavy atom. The van der Waals surface area contributed by atoms with Gasteiger partial charge in [0.15, 0.2) is 0 Å². The molecule has 1 aromatic heterocycles. The van der Waals surface area contributed by atoms with Gasteiger partial charge in [0, 0.05) is 41.0 Å². The topological polar surface area (TPSA) is 39.9 Å². The van der Waals surface area contributed by atoms with Gasteiger partial charge in [-0.05, 0) is 65.9 Å². The second-order valence-corrected chi connectivity index (χ2v) is 8.92. The summed E-state index contributed by atoms with van der Waals surface area (Å²) in [6.45, 7) is 2.30. The van der Waals surface area contributed by atoms with Gasteiger partial charge >= 0.3 is 0 Å². The van der Waals surface area contributed by atoms with Crippen molar-refractivity contribution in [2.24, 2.45) is 0 Å². The van der Waals surface area contributed by atoms with Crippen LogP contribution in [0.15, 0.2) is 59.8 Å². The van der Waals surface area contributed by atoms with Crippen LogP contribution >= 0.6 is 23.7 Å². The molecular weight excluding hydrogens is 370 g/mol. The fourth-order valence-electron chi connectivity index (χ4n) is 3.51. The van der Waals surface area contributed by atoms with E-state index in [9.17, 15) is 5.26 Å². The number of aromatic nitrogens is 1. The first-order valence-corrected chi connectivity index (χ1v) is 11.2.